The van der Waals surface area contributed by atoms with Crippen LogP contribution >= 0.6 is 11.6 Å². The zero-order valence-electron chi connectivity index (χ0n) is 16.0. The third-order valence-corrected chi connectivity index (χ3v) is 6.90. The predicted octanol–water partition coefficient (Wildman–Crippen LogP) is 3.52. The molecule has 0 bridgehead atoms. The van der Waals surface area contributed by atoms with Gasteiger partial charge in [0.1, 0.15) is 11.9 Å². The van der Waals surface area contributed by atoms with E-state index in [-0.39, 0.29) is 46.5 Å². The summed E-state index contributed by atoms with van der Waals surface area (Å²) >= 11 is 6.32. The number of carbonyl (C=O) groups is 2. The molecule has 4 aliphatic rings. The molecule has 2 fully saturated rings. The number of fused-ring (bicyclic) bond motifs is 1. The van der Waals surface area contributed by atoms with E-state index in [2.05, 4.69) is 0 Å². The Bertz CT molecular complexity index is 881. The fourth-order valence-corrected chi connectivity index (χ4v) is 5.40. The normalized spacial score (nSPS) is 34.3. The van der Waals surface area contributed by atoms with Crippen LogP contribution in [0.2, 0.25) is 0 Å². The van der Waals surface area contributed by atoms with Crippen molar-refractivity contribution in [3.05, 3.63) is 47.0 Å². The second-order valence-electron chi connectivity index (χ2n) is 8.30. The number of benzene rings is 1. The van der Waals surface area contributed by atoms with Gasteiger partial charge in [0, 0.05) is 24.1 Å². The van der Waals surface area contributed by atoms with Crippen molar-refractivity contribution in [1.29, 1.82) is 0 Å². The predicted molar refractivity (Wildman–Crippen MR) is 104 cm³/mol. The van der Waals surface area contributed by atoms with Gasteiger partial charge in [-0.25, -0.2) is 4.39 Å². The van der Waals surface area contributed by atoms with Crippen molar-refractivity contribution in [2.75, 3.05) is 13.2 Å². The topological polar surface area (TPSA) is 55.8 Å². The number of amides is 1. The van der Waals surface area contributed by atoms with Gasteiger partial charge in [0.05, 0.1) is 23.6 Å². The molecule has 1 saturated heterocycles. The van der Waals surface area contributed by atoms with Gasteiger partial charge >= 0.3 is 0 Å². The lowest BCUT2D eigenvalue weighted by atomic mass is 9.77. The van der Waals surface area contributed by atoms with Crippen molar-refractivity contribution >= 4 is 23.3 Å². The Kier molecular flexibility index (Phi) is 4.87. The Labute approximate surface area is 173 Å². The van der Waals surface area contributed by atoms with Gasteiger partial charge in [-0.1, -0.05) is 18.2 Å². The zero-order chi connectivity index (χ0) is 20.1. The number of halogens is 2. The fourth-order valence-electron chi connectivity index (χ4n) is 5.08. The van der Waals surface area contributed by atoms with Crippen LogP contribution in [0.5, 0.6) is 0 Å². The molecule has 1 aromatic rings. The van der Waals surface area contributed by atoms with Crippen LogP contribution in [0.1, 0.15) is 43.7 Å². The molecule has 1 aliphatic carbocycles. The van der Waals surface area contributed by atoms with Crippen molar-refractivity contribution < 1.29 is 23.5 Å². The summed E-state index contributed by atoms with van der Waals surface area (Å²) in [5.41, 5.74) is 0.600. The van der Waals surface area contributed by atoms with Crippen molar-refractivity contribution in [1.82, 2.24) is 4.90 Å². The molecule has 3 heterocycles. The van der Waals surface area contributed by atoms with E-state index in [9.17, 15) is 14.0 Å². The number of ether oxygens (including phenoxy) is 2. The lowest BCUT2D eigenvalue weighted by molar-refractivity contribution is -0.136. The Morgan fingerprint density at radius 3 is 2.76 bits per heavy atom. The quantitative estimate of drug-likeness (QED) is 0.703. The fraction of sp³-hybridized carbons (Fsp3) is 0.545. The molecule has 0 N–H and O–H groups in total. The van der Waals surface area contributed by atoms with Crippen LogP contribution < -0.4 is 0 Å². The van der Waals surface area contributed by atoms with Gasteiger partial charge in [-0.15, -0.1) is 11.6 Å². The average molecular weight is 420 g/mol. The van der Waals surface area contributed by atoms with E-state index >= 15 is 0 Å². The first-order chi connectivity index (χ1) is 14.0. The lowest BCUT2D eigenvalue weighted by Gasteiger charge is -2.37. The summed E-state index contributed by atoms with van der Waals surface area (Å²) in [4.78, 5) is 28.3. The molecular formula is C22H23ClFNO4. The minimum atomic E-state index is -0.785. The van der Waals surface area contributed by atoms with E-state index < -0.39 is 11.9 Å². The molecule has 0 spiro atoms. The van der Waals surface area contributed by atoms with Crippen molar-refractivity contribution in [3.63, 3.8) is 0 Å². The van der Waals surface area contributed by atoms with Gasteiger partial charge in [0.25, 0.3) is 5.91 Å². The van der Waals surface area contributed by atoms with E-state index in [1.54, 1.807) is 23.1 Å². The van der Waals surface area contributed by atoms with Gasteiger partial charge in [-0.2, -0.15) is 0 Å². The van der Waals surface area contributed by atoms with Crippen molar-refractivity contribution in [3.8, 4) is 0 Å². The van der Waals surface area contributed by atoms with E-state index in [1.165, 1.54) is 6.07 Å². The van der Waals surface area contributed by atoms with Crippen LogP contribution in [0.3, 0.4) is 0 Å². The van der Waals surface area contributed by atoms with Crippen LogP contribution in [0.15, 0.2) is 35.6 Å². The van der Waals surface area contributed by atoms with Crippen molar-refractivity contribution in [2.24, 2.45) is 5.92 Å². The highest BCUT2D eigenvalue weighted by molar-refractivity contribution is 6.21. The summed E-state index contributed by atoms with van der Waals surface area (Å²) in [7, 11) is 0. The SMILES string of the molecule is O=C1C2=C(OC3CCC(Cl)CC13)C(=O)N(CC1CCCO1)C2c1ccccc1F. The van der Waals surface area contributed by atoms with Gasteiger partial charge in [0.2, 0.25) is 0 Å². The molecule has 29 heavy (non-hydrogen) atoms. The first-order valence-electron chi connectivity index (χ1n) is 10.3. The third-order valence-electron chi connectivity index (χ3n) is 6.50. The van der Waals surface area contributed by atoms with E-state index in [4.69, 9.17) is 21.1 Å². The summed E-state index contributed by atoms with van der Waals surface area (Å²) in [6.07, 6.45) is 3.25. The first-order valence-corrected chi connectivity index (χ1v) is 10.7. The molecule has 7 heteroatoms. The molecule has 154 valence electrons. The van der Waals surface area contributed by atoms with Crippen molar-refractivity contribution in [2.45, 2.75) is 55.7 Å². The molecule has 1 amide bonds. The maximum atomic E-state index is 14.8. The Morgan fingerprint density at radius 2 is 2.00 bits per heavy atom. The maximum Gasteiger partial charge on any atom is 0.290 e. The Hall–Kier alpha value is -1.92. The van der Waals surface area contributed by atoms with Gasteiger partial charge in [-0.3, -0.25) is 9.59 Å². The molecule has 5 unspecified atom stereocenters. The summed E-state index contributed by atoms with van der Waals surface area (Å²) in [6.45, 7) is 0.968. The number of rotatable bonds is 3. The molecule has 5 atom stereocenters. The second kappa shape index (κ2) is 7.40. The molecule has 5 nitrogen and oxygen atoms in total. The van der Waals surface area contributed by atoms with Gasteiger partial charge in [0.15, 0.2) is 11.5 Å². The molecule has 1 aromatic carbocycles. The minimum absolute atomic E-state index is 0.0852. The standard InChI is InChI=1S/C22H23ClFNO4/c23-12-7-8-17-15(10-12)20(26)18-19(14-5-1-2-6-16(14)24)25(22(27)21(18)29-17)11-13-4-3-9-28-13/h1-2,5-6,12-13,15,17,19H,3-4,7-11H2. The smallest absolute Gasteiger partial charge is 0.290 e. The number of nitrogens with zero attached hydrogens (tertiary/aromatic N) is 1. The highest BCUT2D eigenvalue weighted by Gasteiger charge is 2.53. The largest absolute Gasteiger partial charge is 0.483 e. The summed E-state index contributed by atoms with van der Waals surface area (Å²) in [5.74, 6) is -1.20. The number of hydrogen-bond donors (Lipinski definition) is 0. The zero-order valence-corrected chi connectivity index (χ0v) is 16.7. The third kappa shape index (κ3) is 3.17. The average Bonchev–Trinajstić information content (AvgIpc) is 3.31. The first kappa shape index (κ1) is 19.1. The summed E-state index contributed by atoms with van der Waals surface area (Å²) < 4.78 is 26.6. The highest BCUT2D eigenvalue weighted by atomic mass is 35.5. The summed E-state index contributed by atoms with van der Waals surface area (Å²) in [5, 5.41) is -0.0852. The molecule has 3 aliphatic heterocycles. The number of carbonyl (C=O) groups excluding carboxylic acids is 2. The van der Waals surface area contributed by atoms with Gasteiger partial charge < -0.3 is 14.4 Å². The number of Topliss-reactive ketones (excluding diaryl/α,β-unsaturated/α-hetero) is 1. The van der Waals surface area contributed by atoms with Crippen LogP contribution in [0, 0.1) is 11.7 Å². The molecular weight excluding hydrogens is 397 g/mol. The van der Waals surface area contributed by atoms with Crippen LogP contribution in [-0.4, -0.2) is 47.3 Å². The number of ketones is 1. The minimum Gasteiger partial charge on any atom is -0.483 e. The van der Waals surface area contributed by atoms with E-state index in [0.29, 0.717) is 31.6 Å². The number of hydrogen-bond acceptors (Lipinski definition) is 4. The molecule has 0 aromatic heterocycles. The van der Waals surface area contributed by atoms with Gasteiger partial charge in [-0.05, 0) is 38.2 Å². The van der Waals surface area contributed by atoms with Crippen LogP contribution in [0.4, 0.5) is 4.39 Å². The Morgan fingerprint density at radius 1 is 1.17 bits per heavy atom. The Balaban J connectivity index is 1.57. The monoisotopic (exact) mass is 419 g/mol. The molecule has 0 radical (unpaired) electrons. The second-order valence-corrected chi connectivity index (χ2v) is 8.91. The molecule has 5 rings (SSSR count). The van der Waals surface area contributed by atoms with E-state index in [1.807, 2.05) is 0 Å². The molecule has 1 saturated carbocycles. The van der Waals surface area contributed by atoms with E-state index in [0.717, 1.165) is 19.3 Å². The van der Waals surface area contributed by atoms with Crippen LogP contribution in [0.25, 0.3) is 0 Å². The maximum absolute atomic E-state index is 14.8. The van der Waals surface area contributed by atoms with Crippen LogP contribution in [-0.2, 0) is 19.1 Å². The lowest BCUT2D eigenvalue weighted by Crippen LogP contribution is -2.42. The number of alkyl halides is 1. The highest BCUT2D eigenvalue weighted by Crippen LogP contribution is 2.47. The summed E-state index contributed by atoms with van der Waals surface area (Å²) in [6, 6.07) is 5.53.